The number of hydrogen-bond acceptors (Lipinski definition) is 6. The van der Waals surface area contributed by atoms with Crippen LogP contribution in [0.2, 0.25) is 0 Å². The molecule has 3 N–H and O–H groups in total. The summed E-state index contributed by atoms with van der Waals surface area (Å²) in [6.07, 6.45) is 3.13. The maximum atomic E-state index is 12.4. The van der Waals surface area contributed by atoms with Gasteiger partial charge >= 0.3 is 0 Å². The highest BCUT2D eigenvalue weighted by Crippen LogP contribution is 2.34. The second-order valence-electron chi connectivity index (χ2n) is 5.83. The third-order valence-electron chi connectivity index (χ3n) is 4.40. The van der Waals surface area contributed by atoms with Crippen LogP contribution in [0.15, 0.2) is 40.8 Å². The van der Waals surface area contributed by atoms with Gasteiger partial charge in [-0.2, -0.15) is 0 Å². The molecule has 1 saturated heterocycles. The van der Waals surface area contributed by atoms with Crippen molar-refractivity contribution in [3.63, 3.8) is 0 Å². The molecule has 2 aliphatic rings. The van der Waals surface area contributed by atoms with Gasteiger partial charge < -0.3 is 16.0 Å². The van der Waals surface area contributed by atoms with Crippen molar-refractivity contribution >= 4 is 41.2 Å². The Bertz CT molecular complexity index is 769. The quantitative estimate of drug-likeness (QED) is 0.814. The summed E-state index contributed by atoms with van der Waals surface area (Å²) in [5.41, 5.74) is 7.70. The molecule has 0 unspecified atom stereocenters. The molecule has 0 saturated carbocycles. The Balaban J connectivity index is 0.00000169. The molecule has 0 bridgehead atoms. The first kappa shape index (κ1) is 16.7. The summed E-state index contributed by atoms with van der Waals surface area (Å²) in [5.74, 6) is 0.571. The number of benzene rings is 1. The van der Waals surface area contributed by atoms with E-state index < -0.39 is 5.66 Å². The van der Waals surface area contributed by atoms with Crippen LogP contribution in [0.1, 0.15) is 28.2 Å². The van der Waals surface area contributed by atoms with E-state index in [1.54, 1.807) is 6.20 Å². The van der Waals surface area contributed by atoms with Crippen molar-refractivity contribution in [1.82, 2.24) is 9.88 Å². The van der Waals surface area contributed by atoms with Crippen LogP contribution in [-0.4, -0.2) is 40.4 Å². The number of aromatic nitrogens is 1. The molecule has 1 spiro atoms. The highest BCUT2D eigenvalue weighted by Gasteiger charge is 2.39. The highest BCUT2D eigenvalue weighted by atomic mass is 35.5. The van der Waals surface area contributed by atoms with Gasteiger partial charge in [-0.25, -0.2) is 9.98 Å². The first-order valence-electron chi connectivity index (χ1n) is 7.59. The number of hydrogen-bond donors (Lipinski definition) is 2. The van der Waals surface area contributed by atoms with Crippen molar-refractivity contribution in [3.05, 3.63) is 46.4 Å². The number of piperidine rings is 1. The van der Waals surface area contributed by atoms with Gasteiger partial charge in [0.15, 0.2) is 5.01 Å². The number of carbonyl (C=O) groups excluding carboxylic acids is 1. The number of nitrogens with one attached hydrogen (secondary N) is 1. The number of nitrogens with zero attached hydrogens (tertiary/aromatic N) is 3. The van der Waals surface area contributed by atoms with E-state index in [0.29, 0.717) is 23.9 Å². The van der Waals surface area contributed by atoms with E-state index in [1.807, 2.05) is 34.5 Å². The molecular weight excluding hydrogens is 346 g/mol. The average molecular weight is 364 g/mol. The van der Waals surface area contributed by atoms with E-state index in [4.69, 9.17) is 10.7 Å². The average Bonchev–Trinajstić information content (AvgIpc) is 3.09. The summed E-state index contributed by atoms with van der Waals surface area (Å²) >= 11 is 1.38. The molecule has 8 heteroatoms. The minimum absolute atomic E-state index is 0. The fourth-order valence-electron chi connectivity index (χ4n) is 3.17. The Labute approximate surface area is 150 Å². The number of nitrogens with two attached hydrogens (primary N) is 1. The topological polar surface area (TPSA) is 83.6 Å². The largest absolute Gasteiger partial charge is 0.383 e. The smallest absolute Gasteiger partial charge is 0.282 e. The number of anilines is 1. The summed E-state index contributed by atoms with van der Waals surface area (Å²) in [6, 6.07) is 7.93. The number of amidine groups is 1. The lowest BCUT2D eigenvalue weighted by molar-refractivity contribution is 0.0685. The fraction of sp³-hybridized carbons (Fsp3) is 0.312. The van der Waals surface area contributed by atoms with E-state index in [1.165, 1.54) is 11.3 Å². The molecule has 126 valence electrons. The first-order chi connectivity index (χ1) is 11.2. The van der Waals surface area contributed by atoms with E-state index in [9.17, 15) is 4.79 Å². The maximum absolute atomic E-state index is 12.4. The van der Waals surface area contributed by atoms with Gasteiger partial charge in [0.05, 0.1) is 0 Å². The summed E-state index contributed by atoms with van der Waals surface area (Å²) in [6.45, 7) is 1.29. The number of thiazole rings is 1. The van der Waals surface area contributed by atoms with Crippen molar-refractivity contribution in [2.45, 2.75) is 18.5 Å². The highest BCUT2D eigenvalue weighted by molar-refractivity contribution is 7.11. The van der Waals surface area contributed by atoms with Crippen molar-refractivity contribution in [3.8, 4) is 0 Å². The van der Waals surface area contributed by atoms with E-state index >= 15 is 0 Å². The standard InChI is InChI=1S/C16H17N5OS.ClH/c17-13-11-3-1-2-4-12(11)19-16(20-13)5-8-21(9-6-16)15(22)14-18-7-10-23-14;/h1-4,7,10,19H,5-6,8-9H2,(H2,17,20);1H. The van der Waals surface area contributed by atoms with Gasteiger partial charge in [0.1, 0.15) is 11.5 Å². The van der Waals surface area contributed by atoms with Gasteiger partial charge in [-0.3, -0.25) is 4.79 Å². The Morgan fingerprint density at radius 1 is 1.29 bits per heavy atom. The molecule has 3 heterocycles. The number of rotatable bonds is 1. The van der Waals surface area contributed by atoms with Crippen molar-refractivity contribution in [2.75, 3.05) is 18.4 Å². The third kappa shape index (κ3) is 2.85. The third-order valence-corrected chi connectivity index (χ3v) is 5.16. The molecule has 1 aromatic carbocycles. The maximum Gasteiger partial charge on any atom is 0.282 e. The number of carbonyl (C=O) groups is 1. The van der Waals surface area contributed by atoms with Crippen LogP contribution in [0.4, 0.5) is 5.69 Å². The lowest BCUT2D eigenvalue weighted by Gasteiger charge is -2.42. The van der Waals surface area contributed by atoms with Crippen LogP contribution in [0, 0.1) is 0 Å². The summed E-state index contributed by atoms with van der Waals surface area (Å²) < 4.78 is 0. The number of aliphatic imine (C=N–C) groups is 1. The van der Waals surface area contributed by atoms with Crippen molar-refractivity contribution < 1.29 is 4.79 Å². The predicted molar refractivity (Wildman–Crippen MR) is 98.0 cm³/mol. The zero-order valence-corrected chi connectivity index (χ0v) is 14.6. The molecule has 2 aliphatic heterocycles. The van der Waals surface area contributed by atoms with Crippen LogP contribution in [0.3, 0.4) is 0 Å². The van der Waals surface area contributed by atoms with Crippen LogP contribution >= 0.6 is 23.7 Å². The summed E-state index contributed by atoms with van der Waals surface area (Å²) in [4.78, 5) is 23.0. The number of halogens is 1. The summed E-state index contributed by atoms with van der Waals surface area (Å²) in [5, 5.41) is 5.89. The molecule has 2 aromatic rings. The first-order valence-corrected chi connectivity index (χ1v) is 8.47. The lowest BCUT2D eigenvalue weighted by atomic mass is 9.93. The van der Waals surface area contributed by atoms with Crippen molar-refractivity contribution in [2.24, 2.45) is 10.7 Å². The monoisotopic (exact) mass is 363 g/mol. The van der Waals surface area contributed by atoms with E-state index in [2.05, 4.69) is 10.3 Å². The van der Waals surface area contributed by atoms with Gasteiger partial charge in [0, 0.05) is 48.8 Å². The minimum atomic E-state index is -0.405. The molecule has 6 nitrogen and oxygen atoms in total. The fourth-order valence-corrected chi connectivity index (χ4v) is 3.77. The molecule has 24 heavy (non-hydrogen) atoms. The second-order valence-corrected chi connectivity index (χ2v) is 6.72. The number of para-hydroxylation sites is 1. The molecule has 0 radical (unpaired) electrons. The van der Waals surface area contributed by atoms with Gasteiger partial charge in [-0.1, -0.05) is 12.1 Å². The number of likely N-dealkylation sites (tertiary alicyclic amines) is 1. The molecule has 1 fully saturated rings. The van der Waals surface area contributed by atoms with Crippen LogP contribution in [0.25, 0.3) is 0 Å². The van der Waals surface area contributed by atoms with Crippen LogP contribution < -0.4 is 11.1 Å². The number of amides is 1. The molecule has 1 aromatic heterocycles. The molecule has 1 amide bonds. The minimum Gasteiger partial charge on any atom is -0.383 e. The van der Waals surface area contributed by atoms with Crippen LogP contribution in [-0.2, 0) is 0 Å². The van der Waals surface area contributed by atoms with Gasteiger partial charge in [-0.15, -0.1) is 23.7 Å². The summed E-state index contributed by atoms with van der Waals surface area (Å²) in [7, 11) is 0. The molecule has 0 aliphatic carbocycles. The second kappa shape index (κ2) is 6.41. The lowest BCUT2D eigenvalue weighted by Crippen LogP contribution is -2.52. The van der Waals surface area contributed by atoms with Gasteiger partial charge in [0.2, 0.25) is 0 Å². The SMILES string of the molecule is Cl.NC1=NC2(CCN(C(=O)c3nccs3)CC2)Nc2ccccc21. The Kier molecular flexibility index (Phi) is 4.47. The predicted octanol–water partition coefficient (Wildman–Crippen LogP) is 2.33. The zero-order valence-electron chi connectivity index (χ0n) is 12.9. The molecule has 4 rings (SSSR count). The molecular formula is C16H18ClN5OS. The van der Waals surface area contributed by atoms with Gasteiger partial charge in [-0.05, 0) is 12.1 Å². The Morgan fingerprint density at radius 2 is 2.04 bits per heavy atom. The molecule has 0 atom stereocenters. The van der Waals surface area contributed by atoms with Crippen LogP contribution in [0.5, 0.6) is 0 Å². The number of fused-ring (bicyclic) bond motifs is 1. The van der Waals surface area contributed by atoms with E-state index in [0.717, 1.165) is 24.1 Å². The normalized spacial score (nSPS) is 18.2. The Morgan fingerprint density at radius 3 is 2.75 bits per heavy atom. The zero-order chi connectivity index (χ0) is 15.9. The van der Waals surface area contributed by atoms with E-state index in [-0.39, 0.29) is 18.3 Å². The van der Waals surface area contributed by atoms with Gasteiger partial charge in [0.25, 0.3) is 5.91 Å². The van der Waals surface area contributed by atoms with Crippen molar-refractivity contribution in [1.29, 1.82) is 0 Å². The Hall–Kier alpha value is -2.12.